The van der Waals surface area contributed by atoms with Crippen LogP contribution >= 0.6 is 15.9 Å². The van der Waals surface area contributed by atoms with Crippen LogP contribution in [0.2, 0.25) is 0 Å². The maximum atomic E-state index is 8.93. The quantitative estimate of drug-likeness (QED) is 0.357. The number of anilines is 1. The summed E-state index contributed by atoms with van der Waals surface area (Å²) in [6.07, 6.45) is 5.21. The van der Waals surface area contributed by atoms with Gasteiger partial charge in [0.15, 0.2) is 5.84 Å². The lowest BCUT2D eigenvalue weighted by Crippen LogP contribution is -2.54. The Balaban J connectivity index is 2.01. The highest BCUT2D eigenvalue weighted by Crippen LogP contribution is 2.23. The second-order valence-electron chi connectivity index (χ2n) is 5.05. The lowest BCUT2D eigenvalue weighted by molar-refractivity contribution is 0.211. The van der Waals surface area contributed by atoms with Crippen LogP contribution in [-0.4, -0.2) is 58.1 Å². The van der Waals surface area contributed by atoms with Gasteiger partial charge in [-0.15, -0.1) is 0 Å². The highest BCUT2D eigenvalue weighted by atomic mass is 79.9. The van der Waals surface area contributed by atoms with Gasteiger partial charge >= 0.3 is 0 Å². The van der Waals surface area contributed by atoms with Crippen molar-refractivity contribution in [3.63, 3.8) is 0 Å². The van der Waals surface area contributed by atoms with Crippen molar-refractivity contribution in [2.24, 2.45) is 10.9 Å². The van der Waals surface area contributed by atoms with Crippen LogP contribution in [0.1, 0.15) is 19.8 Å². The summed E-state index contributed by atoms with van der Waals surface area (Å²) in [6, 6.07) is 0.0102. The molecule has 1 aliphatic heterocycles. The molecule has 1 aliphatic rings. The number of rotatable bonds is 5. The van der Waals surface area contributed by atoms with Gasteiger partial charge in [-0.05, 0) is 22.4 Å². The molecule has 7 nitrogen and oxygen atoms in total. The Morgan fingerprint density at radius 1 is 1.48 bits per heavy atom. The molecule has 1 unspecified atom stereocenters. The summed E-state index contributed by atoms with van der Waals surface area (Å²) in [7, 11) is 0. The minimum absolute atomic E-state index is 0.0102. The van der Waals surface area contributed by atoms with Gasteiger partial charge in [0.05, 0.1) is 10.5 Å². The predicted octanol–water partition coefficient (Wildman–Crippen LogP) is 1.28. The summed E-state index contributed by atoms with van der Waals surface area (Å²) in [6.45, 7) is 5.53. The van der Waals surface area contributed by atoms with Crippen molar-refractivity contribution < 1.29 is 5.21 Å². The lowest BCUT2D eigenvalue weighted by atomic mass is 10.1. The van der Waals surface area contributed by atoms with Gasteiger partial charge in [0.25, 0.3) is 0 Å². The molecule has 116 valence electrons. The van der Waals surface area contributed by atoms with E-state index in [0.29, 0.717) is 5.84 Å². The second-order valence-corrected chi connectivity index (χ2v) is 5.90. The molecule has 1 saturated heterocycles. The maximum Gasteiger partial charge on any atom is 0.156 e. The molecule has 1 aromatic rings. The first-order valence-corrected chi connectivity index (χ1v) is 7.88. The molecule has 1 atom stereocenters. The summed E-state index contributed by atoms with van der Waals surface area (Å²) in [5, 5.41) is 12.1. The van der Waals surface area contributed by atoms with E-state index in [1.165, 1.54) is 0 Å². The summed E-state index contributed by atoms with van der Waals surface area (Å²) >= 11 is 3.48. The van der Waals surface area contributed by atoms with E-state index in [4.69, 9.17) is 10.9 Å². The first kappa shape index (κ1) is 16.0. The van der Waals surface area contributed by atoms with Gasteiger partial charge in [0.2, 0.25) is 0 Å². The molecule has 1 fully saturated rings. The maximum absolute atomic E-state index is 8.93. The number of piperazine rings is 1. The molecule has 8 heteroatoms. The SMILES string of the molecule is CCCC(C(N)=NO)N1CCN(c2ncncc2Br)CC1. The molecule has 0 aliphatic carbocycles. The number of halogens is 1. The molecule has 0 amide bonds. The lowest BCUT2D eigenvalue weighted by Gasteiger charge is -2.39. The number of hydrogen-bond donors (Lipinski definition) is 2. The Morgan fingerprint density at radius 3 is 2.76 bits per heavy atom. The number of nitrogens with two attached hydrogens (primary N) is 1. The zero-order valence-electron chi connectivity index (χ0n) is 12.1. The van der Waals surface area contributed by atoms with Crippen LogP contribution in [0.15, 0.2) is 22.2 Å². The Hall–Kier alpha value is -1.41. The number of aromatic nitrogens is 2. The topological polar surface area (TPSA) is 90.9 Å². The Bertz CT molecular complexity index is 489. The average molecular weight is 357 g/mol. The monoisotopic (exact) mass is 356 g/mol. The van der Waals surface area contributed by atoms with E-state index in [9.17, 15) is 0 Å². The smallest absolute Gasteiger partial charge is 0.156 e. The van der Waals surface area contributed by atoms with Crippen molar-refractivity contribution in [2.45, 2.75) is 25.8 Å². The molecule has 0 saturated carbocycles. The van der Waals surface area contributed by atoms with Gasteiger partial charge in [0.1, 0.15) is 12.1 Å². The van der Waals surface area contributed by atoms with Crippen molar-refractivity contribution >= 4 is 27.6 Å². The molecule has 0 aromatic carbocycles. The third kappa shape index (κ3) is 3.82. The largest absolute Gasteiger partial charge is 0.409 e. The highest BCUT2D eigenvalue weighted by Gasteiger charge is 2.27. The van der Waals surface area contributed by atoms with Crippen LogP contribution in [-0.2, 0) is 0 Å². The van der Waals surface area contributed by atoms with Crippen LogP contribution < -0.4 is 10.6 Å². The first-order chi connectivity index (χ1) is 10.2. The standard InChI is InChI=1S/C13H21BrN6O/c1-2-3-11(12(15)18-21)19-4-6-20(7-5-19)13-10(14)8-16-9-17-13/h8-9,11,21H,2-7H2,1H3,(H2,15,18). The fraction of sp³-hybridized carbons (Fsp3) is 0.615. The molecule has 3 N–H and O–H groups in total. The second kappa shape index (κ2) is 7.56. The summed E-state index contributed by atoms with van der Waals surface area (Å²) in [5.74, 6) is 1.22. The molecule has 2 rings (SSSR count). The number of oxime groups is 1. The minimum Gasteiger partial charge on any atom is -0.409 e. The number of hydrogen-bond acceptors (Lipinski definition) is 6. The Kier molecular flexibility index (Phi) is 5.75. The van der Waals surface area contributed by atoms with E-state index in [1.54, 1.807) is 12.5 Å². The molecule has 21 heavy (non-hydrogen) atoms. The van der Waals surface area contributed by atoms with Crippen LogP contribution in [0.4, 0.5) is 5.82 Å². The third-order valence-corrected chi connectivity index (χ3v) is 4.28. The van der Waals surface area contributed by atoms with E-state index >= 15 is 0 Å². The van der Waals surface area contributed by atoms with E-state index < -0.39 is 0 Å². The summed E-state index contributed by atoms with van der Waals surface area (Å²) in [4.78, 5) is 12.8. The van der Waals surface area contributed by atoms with Crippen molar-refractivity contribution in [2.75, 3.05) is 31.1 Å². The average Bonchev–Trinajstić information content (AvgIpc) is 2.53. The highest BCUT2D eigenvalue weighted by molar-refractivity contribution is 9.10. The van der Waals surface area contributed by atoms with Crippen LogP contribution in [0.5, 0.6) is 0 Å². The van der Waals surface area contributed by atoms with Crippen LogP contribution in [0.25, 0.3) is 0 Å². The molecule has 0 radical (unpaired) electrons. The Labute approximate surface area is 133 Å². The molecule has 2 heterocycles. The molecule has 0 bridgehead atoms. The van der Waals surface area contributed by atoms with Crippen LogP contribution in [0, 0.1) is 0 Å². The first-order valence-electron chi connectivity index (χ1n) is 7.09. The van der Waals surface area contributed by atoms with Crippen molar-refractivity contribution in [1.82, 2.24) is 14.9 Å². The Morgan fingerprint density at radius 2 is 2.19 bits per heavy atom. The third-order valence-electron chi connectivity index (χ3n) is 3.72. The van der Waals surface area contributed by atoms with E-state index in [1.807, 2.05) is 0 Å². The number of amidine groups is 1. The van der Waals surface area contributed by atoms with Gasteiger partial charge in [-0.1, -0.05) is 18.5 Å². The number of nitrogens with zero attached hydrogens (tertiary/aromatic N) is 5. The molecular weight excluding hydrogens is 336 g/mol. The van der Waals surface area contributed by atoms with Crippen LogP contribution in [0.3, 0.4) is 0 Å². The van der Waals surface area contributed by atoms with Gasteiger partial charge in [-0.2, -0.15) is 0 Å². The van der Waals surface area contributed by atoms with E-state index in [-0.39, 0.29) is 6.04 Å². The van der Waals surface area contributed by atoms with Crippen molar-refractivity contribution in [1.29, 1.82) is 0 Å². The molecular formula is C13H21BrN6O. The molecule has 1 aromatic heterocycles. The predicted molar refractivity (Wildman–Crippen MR) is 85.6 cm³/mol. The van der Waals surface area contributed by atoms with Crippen molar-refractivity contribution in [3.05, 3.63) is 17.0 Å². The zero-order chi connectivity index (χ0) is 15.2. The fourth-order valence-electron chi connectivity index (χ4n) is 2.64. The summed E-state index contributed by atoms with van der Waals surface area (Å²) < 4.78 is 0.903. The van der Waals surface area contributed by atoms with Gasteiger partial charge in [-0.25, -0.2) is 9.97 Å². The van der Waals surface area contributed by atoms with Gasteiger partial charge in [0, 0.05) is 32.4 Å². The van der Waals surface area contributed by atoms with Gasteiger partial charge < -0.3 is 15.8 Å². The molecule has 0 spiro atoms. The van der Waals surface area contributed by atoms with E-state index in [0.717, 1.165) is 49.3 Å². The minimum atomic E-state index is 0.0102. The van der Waals surface area contributed by atoms with Gasteiger partial charge in [-0.3, -0.25) is 4.90 Å². The fourth-order valence-corrected chi connectivity index (χ4v) is 3.11. The van der Waals surface area contributed by atoms with E-state index in [2.05, 4.69) is 47.8 Å². The zero-order valence-corrected chi connectivity index (χ0v) is 13.7. The summed E-state index contributed by atoms with van der Waals surface area (Å²) in [5.41, 5.74) is 5.82. The normalized spacial score (nSPS) is 18.8. The van der Waals surface area contributed by atoms with Crippen molar-refractivity contribution in [3.8, 4) is 0 Å².